The van der Waals surface area contributed by atoms with Crippen molar-refractivity contribution in [1.29, 1.82) is 0 Å². The van der Waals surface area contributed by atoms with Crippen LogP contribution in [0.25, 0.3) is 0 Å². The Balaban J connectivity index is 3.40. The maximum atomic E-state index is 10.9. The van der Waals surface area contributed by atoms with Crippen LogP contribution in [0.5, 0.6) is 0 Å². The van der Waals surface area contributed by atoms with E-state index in [0.29, 0.717) is 6.61 Å². The highest BCUT2D eigenvalue weighted by Crippen LogP contribution is 2.02. The van der Waals surface area contributed by atoms with Crippen LogP contribution in [0.3, 0.4) is 0 Å². The Morgan fingerprint density at radius 2 is 1.93 bits per heavy atom. The first kappa shape index (κ1) is 13.9. The Morgan fingerprint density at radius 1 is 1.13 bits per heavy atom. The lowest BCUT2D eigenvalue weighted by molar-refractivity contribution is -0.137. The molecule has 0 aliphatic heterocycles. The van der Waals surface area contributed by atoms with Gasteiger partial charge in [-0.25, -0.2) is 4.79 Å². The molecule has 15 heavy (non-hydrogen) atoms. The Kier molecular flexibility index (Phi) is 10.3. The van der Waals surface area contributed by atoms with Gasteiger partial charge < -0.3 is 4.74 Å². The third-order valence-corrected chi connectivity index (χ3v) is 1.99. The van der Waals surface area contributed by atoms with Crippen LogP contribution in [-0.4, -0.2) is 12.6 Å². The lowest BCUT2D eigenvalue weighted by Gasteiger charge is -1.93. The van der Waals surface area contributed by atoms with E-state index in [1.54, 1.807) is 13.0 Å². The molecule has 0 radical (unpaired) electrons. The van der Waals surface area contributed by atoms with E-state index in [0.717, 1.165) is 6.42 Å². The van der Waals surface area contributed by atoms with Gasteiger partial charge in [0.2, 0.25) is 0 Å². The van der Waals surface area contributed by atoms with Crippen LogP contribution in [0.15, 0.2) is 24.3 Å². The van der Waals surface area contributed by atoms with Gasteiger partial charge in [-0.15, -0.1) is 0 Å². The molecule has 0 saturated heterocycles. The van der Waals surface area contributed by atoms with Crippen molar-refractivity contribution in [3.63, 3.8) is 0 Å². The summed E-state index contributed by atoms with van der Waals surface area (Å²) in [5.74, 6) is -0.270. The standard InChI is InChI=1S/C13H22O2/c1-3-5-6-7-8-9-10-11-12-13(14)15-4-2/h9-12H,3-8H2,1-2H3/b10-9-,12-11+. The molecule has 0 aromatic carbocycles. The van der Waals surface area contributed by atoms with Gasteiger partial charge in [-0.05, 0) is 19.8 Å². The second-order valence-electron chi connectivity index (χ2n) is 3.39. The summed E-state index contributed by atoms with van der Waals surface area (Å²) in [6.07, 6.45) is 13.4. The van der Waals surface area contributed by atoms with Crippen molar-refractivity contribution in [2.24, 2.45) is 0 Å². The largest absolute Gasteiger partial charge is 0.463 e. The summed E-state index contributed by atoms with van der Waals surface area (Å²) in [7, 11) is 0. The van der Waals surface area contributed by atoms with Crippen molar-refractivity contribution >= 4 is 5.97 Å². The summed E-state index contributed by atoms with van der Waals surface area (Å²) in [5, 5.41) is 0. The summed E-state index contributed by atoms with van der Waals surface area (Å²) in [6.45, 7) is 4.44. The minimum Gasteiger partial charge on any atom is -0.463 e. The van der Waals surface area contributed by atoms with Crippen LogP contribution in [0.4, 0.5) is 0 Å². The maximum Gasteiger partial charge on any atom is 0.330 e. The molecule has 0 heterocycles. The van der Waals surface area contributed by atoms with Gasteiger partial charge in [-0.3, -0.25) is 0 Å². The average Bonchev–Trinajstić information content (AvgIpc) is 2.22. The third kappa shape index (κ3) is 10.9. The Morgan fingerprint density at radius 3 is 2.60 bits per heavy atom. The molecular weight excluding hydrogens is 188 g/mol. The van der Waals surface area contributed by atoms with E-state index >= 15 is 0 Å². The lowest BCUT2D eigenvalue weighted by atomic mass is 10.1. The highest BCUT2D eigenvalue weighted by molar-refractivity contribution is 5.82. The van der Waals surface area contributed by atoms with E-state index in [9.17, 15) is 4.79 Å². The van der Waals surface area contributed by atoms with Crippen molar-refractivity contribution in [3.05, 3.63) is 24.3 Å². The van der Waals surface area contributed by atoms with E-state index in [4.69, 9.17) is 4.74 Å². The van der Waals surface area contributed by atoms with E-state index in [1.807, 2.05) is 6.08 Å². The summed E-state index contributed by atoms with van der Waals surface area (Å²) >= 11 is 0. The molecule has 2 nitrogen and oxygen atoms in total. The highest BCUT2D eigenvalue weighted by atomic mass is 16.5. The zero-order chi connectivity index (χ0) is 11.4. The first-order valence-electron chi connectivity index (χ1n) is 5.81. The highest BCUT2D eigenvalue weighted by Gasteiger charge is 1.89. The molecule has 0 aromatic heterocycles. The quantitative estimate of drug-likeness (QED) is 0.265. The van der Waals surface area contributed by atoms with Gasteiger partial charge in [0.05, 0.1) is 6.61 Å². The van der Waals surface area contributed by atoms with Crippen molar-refractivity contribution < 1.29 is 9.53 Å². The molecule has 0 N–H and O–H groups in total. The van der Waals surface area contributed by atoms with E-state index in [-0.39, 0.29) is 5.97 Å². The van der Waals surface area contributed by atoms with Crippen LogP contribution in [-0.2, 0) is 9.53 Å². The molecule has 0 amide bonds. The Hall–Kier alpha value is -1.05. The fourth-order valence-corrected chi connectivity index (χ4v) is 1.19. The molecule has 86 valence electrons. The second kappa shape index (κ2) is 11.0. The van der Waals surface area contributed by atoms with Crippen LogP contribution >= 0.6 is 0 Å². The number of carbonyl (C=O) groups is 1. The molecule has 0 fully saturated rings. The third-order valence-electron chi connectivity index (χ3n) is 1.99. The molecule has 0 aliphatic rings. The normalized spacial score (nSPS) is 11.3. The van der Waals surface area contributed by atoms with Gasteiger partial charge in [-0.2, -0.15) is 0 Å². The van der Waals surface area contributed by atoms with Gasteiger partial charge in [-0.1, -0.05) is 44.4 Å². The van der Waals surface area contributed by atoms with Gasteiger partial charge in [0, 0.05) is 6.08 Å². The minimum atomic E-state index is -0.270. The number of esters is 1. The minimum absolute atomic E-state index is 0.270. The van der Waals surface area contributed by atoms with E-state index in [1.165, 1.54) is 31.8 Å². The number of ether oxygens (including phenoxy) is 1. The summed E-state index contributed by atoms with van der Waals surface area (Å²) in [5.41, 5.74) is 0. The fraction of sp³-hybridized carbons (Fsp3) is 0.615. The number of hydrogen-bond donors (Lipinski definition) is 0. The molecule has 0 aliphatic carbocycles. The molecule has 0 rings (SSSR count). The Bertz CT molecular complexity index is 205. The smallest absolute Gasteiger partial charge is 0.330 e. The van der Waals surface area contributed by atoms with Crippen molar-refractivity contribution in [2.45, 2.75) is 46.0 Å². The number of carbonyl (C=O) groups excluding carboxylic acids is 1. The van der Waals surface area contributed by atoms with Crippen LogP contribution in [0.1, 0.15) is 46.0 Å². The predicted molar refractivity (Wildman–Crippen MR) is 63.7 cm³/mol. The van der Waals surface area contributed by atoms with Gasteiger partial charge in [0.1, 0.15) is 0 Å². The first-order chi connectivity index (χ1) is 7.31. The maximum absolute atomic E-state index is 10.9. The molecule has 0 spiro atoms. The molecule has 0 atom stereocenters. The van der Waals surface area contributed by atoms with E-state index in [2.05, 4.69) is 13.0 Å². The van der Waals surface area contributed by atoms with Gasteiger partial charge in [0.25, 0.3) is 0 Å². The number of hydrogen-bond acceptors (Lipinski definition) is 2. The number of unbranched alkanes of at least 4 members (excludes halogenated alkanes) is 4. The summed E-state index contributed by atoms with van der Waals surface area (Å²) in [4.78, 5) is 10.9. The van der Waals surface area contributed by atoms with Gasteiger partial charge >= 0.3 is 5.97 Å². The molecule has 2 heteroatoms. The van der Waals surface area contributed by atoms with Crippen LogP contribution in [0.2, 0.25) is 0 Å². The topological polar surface area (TPSA) is 26.3 Å². The van der Waals surface area contributed by atoms with Gasteiger partial charge in [0.15, 0.2) is 0 Å². The fourth-order valence-electron chi connectivity index (χ4n) is 1.19. The first-order valence-corrected chi connectivity index (χ1v) is 5.81. The lowest BCUT2D eigenvalue weighted by Crippen LogP contribution is -1.98. The predicted octanol–water partition coefficient (Wildman–Crippen LogP) is 3.63. The summed E-state index contributed by atoms with van der Waals surface area (Å²) < 4.78 is 4.74. The van der Waals surface area contributed by atoms with Crippen LogP contribution in [0, 0.1) is 0 Å². The number of rotatable bonds is 8. The van der Waals surface area contributed by atoms with Crippen LogP contribution < -0.4 is 0 Å². The second-order valence-corrected chi connectivity index (χ2v) is 3.39. The molecule has 0 saturated carbocycles. The molecule has 0 unspecified atom stereocenters. The molecule has 0 bridgehead atoms. The molecular formula is C13H22O2. The zero-order valence-electron chi connectivity index (χ0n) is 9.87. The van der Waals surface area contributed by atoms with Crippen molar-refractivity contribution in [2.75, 3.05) is 6.61 Å². The van der Waals surface area contributed by atoms with Crippen molar-refractivity contribution in [3.8, 4) is 0 Å². The monoisotopic (exact) mass is 210 g/mol. The average molecular weight is 210 g/mol. The van der Waals surface area contributed by atoms with E-state index < -0.39 is 0 Å². The zero-order valence-corrected chi connectivity index (χ0v) is 9.87. The molecule has 0 aromatic rings. The number of allylic oxidation sites excluding steroid dienone is 3. The van der Waals surface area contributed by atoms with Crippen molar-refractivity contribution in [1.82, 2.24) is 0 Å². The SMILES string of the molecule is CCCCCC/C=C\C=C\C(=O)OCC. The Labute approximate surface area is 93.0 Å². The summed E-state index contributed by atoms with van der Waals surface area (Å²) in [6, 6.07) is 0.